The lowest BCUT2D eigenvalue weighted by atomic mass is 10.6. The third-order valence-corrected chi connectivity index (χ3v) is 1.58. The minimum Gasteiger partial charge on any atom is -0.445 e. The fraction of sp³-hybridized carbons (Fsp3) is 0.400. The Morgan fingerprint density at radius 3 is 2.11 bits per heavy atom. The van der Waals surface area contributed by atoms with E-state index in [1.807, 2.05) is 13.8 Å². The number of aryl methyl sites for hydroxylation is 2. The Labute approximate surface area is 68.2 Å². The summed E-state index contributed by atoms with van der Waals surface area (Å²) in [6.07, 6.45) is 0. The lowest BCUT2D eigenvalue weighted by molar-refractivity contribution is 0.493. The van der Waals surface area contributed by atoms with E-state index in [4.69, 9.17) is 4.42 Å². The van der Waals surface area contributed by atoms with Crippen molar-refractivity contribution in [1.29, 1.82) is 0 Å². The maximum atomic E-state index is 5.06. The summed E-state index contributed by atoms with van der Waals surface area (Å²) in [5.41, 5.74) is 0. The molecule has 0 fully saturated rings. The van der Waals surface area contributed by atoms with Gasteiger partial charge < -0.3 is 4.42 Å². The Bertz CT molecular complexity index is 179. The van der Waals surface area contributed by atoms with Crippen molar-refractivity contribution in [2.24, 2.45) is 0 Å². The van der Waals surface area contributed by atoms with Gasteiger partial charge in [0.25, 0.3) is 0 Å². The van der Waals surface area contributed by atoms with E-state index < -0.39 is 0 Å². The van der Waals surface area contributed by atoms with Gasteiger partial charge in [0.2, 0.25) is 0 Å². The molecule has 1 rings (SSSR count). The van der Waals surface area contributed by atoms with Crippen LogP contribution in [-0.4, -0.2) is 4.98 Å². The molecule has 0 N–H and O–H groups in total. The van der Waals surface area contributed by atoms with Crippen LogP contribution in [0, 0.1) is 13.8 Å². The first kappa shape index (κ1) is 8.98. The van der Waals surface area contributed by atoms with Crippen LogP contribution in [-0.2, 0) is 0 Å². The van der Waals surface area contributed by atoms with Gasteiger partial charge >= 0.3 is 0 Å². The van der Waals surface area contributed by atoms with E-state index in [-0.39, 0.29) is 12.4 Å². The van der Waals surface area contributed by atoms with Crippen LogP contribution in [0.25, 0.3) is 0 Å². The number of hydrogen-bond donors (Lipinski definition) is 0. The van der Waals surface area contributed by atoms with Gasteiger partial charge in [0, 0.05) is 6.92 Å². The smallest absolute Gasteiger partial charge is 0.192 e. The van der Waals surface area contributed by atoms with E-state index in [0.717, 1.165) is 10.4 Å². The van der Waals surface area contributed by atoms with Gasteiger partial charge in [-0.2, -0.15) is 0 Å². The summed E-state index contributed by atoms with van der Waals surface area (Å²) in [5, 5.41) is 0. The highest BCUT2D eigenvalue weighted by atomic mass is 79.9. The third kappa shape index (κ3) is 1.99. The normalized spacial score (nSPS) is 8.78. The molecule has 52 valence electrons. The molecule has 9 heavy (non-hydrogen) atoms. The van der Waals surface area contributed by atoms with Crippen molar-refractivity contribution < 1.29 is 4.42 Å². The van der Waals surface area contributed by atoms with E-state index in [1.54, 1.807) is 0 Å². The van der Waals surface area contributed by atoms with Gasteiger partial charge in [-0.05, 0) is 22.9 Å². The van der Waals surface area contributed by atoms with Crippen molar-refractivity contribution in [3.05, 3.63) is 16.3 Å². The van der Waals surface area contributed by atoms with Crippen molar-refractivity contribution in [2.45, 2.75) is 13.8 Å². The van der Waals surface area contributed by atoms with Crippen LogP contribution in [0.5, 0.6) is 0 Å². The average Bonchev–Trinajstić information content (AvgIpc) is 1.85. The summed E-state index contributed by atoms with van der Waals surface area (Å²) >= 11 is 3.21. The molecular formula is C5H7BrClNO. The van der Waals surface area contributed by atoms with Gasteiger partial charge in [-0.1, -0.05) is 0 Å². The molecule has 4 heteroatoms. The first-order chi connectivity index (χ1) is 3.70. The van der Waals surface area contributed by atoms with Gasteiger partial charge in [0.05, 0.1) is 0 Å². The first-order valence-corrected chi connectivity index (χ1v) is 3.09. The zero-order chi connectivity index (χ0) is 6.15. The molecule has 0 spiro atoms. The van der Waals surface area contributed by atoms with E-state index in [9.17, 15) is 0 Å². The average molecular weight is 212 g/mol. The second-order valence-corrected chi connectivity index (χ2v) is 2.33. The van der Waals surface area contributed by atoms with Crippen molar-refractivity contribution >= 4 is 28.3 Å². The largest absolute Gasteiger partial charge is 0.445 e. The summed E-state index contributed by atoms with van der Waals surface area (Å²) in [4.78, 5) is 3.96. The van der Waals surface area contributed by atoms with Gasteiger partial charge in [-0.3, -0.25) is 0 Å². The zero-order valence-corrected chi connectivity index (χ0v) is 7.54. The molecule has 0 aliphatic heterocycles. The van der Waals surface area contributed by atoms with E-state index in [1.165, 1.54) is 0 Å². The van der Waals surface area contributed by atoms with Crippen LogP contribution < -0.4 is 0 Å². The van der Waals surface area contributed by atoms with Gasteiger partial charge in [0.1, 0.15) is 10.4 Å². The van der Waals surface area contributed by atoms with E-state index in [2.05, 4.69) is 20.9 Å². The van der Waals surface area contributed by atoms with Crippen LogP contribution in [0.2, 0.25) is 0 Å². The minimum absolute atomic E-state index is 0. The summed E-state index contributed by atoms with van der Waals surface area (Å²) in [7, 11) is 0. The Hall–Kier alpha value is -0.0200. The molecule has 0 saturated heterocycles. The maximum Gasteiger partial charge on any atom is 0.192 e. The number of rotatable bonds is 0. The van der Waals surface area contributed by atoms with Gasteiger partial charge in [0.15, 0.2) is 5.89 Å². The van der Waals surface area contributed by atoms with Gasteiger partial charge in [-0.25, -0.2) is 4.98 Å². The van der Waals surface area contributed by atoms with Crippen LogP contribution in [0.15, 0.2) is 9.02 Å². The van der Waals surface area contributed by atoms with Gasteiger partial charge in [-0.15, -0.1) is 12.4 Å². The number of hydrogen-bond acceptors (Lipinski definition) is 2. The number of halogens is 2. The summed E-state index contributed by atoms with van der Waals surface area (Å²) in [6.45, 7) is 3.68. The Morgan fingerprint density at radius 1 is 1.44 bits per heavy atom. The molecule has 1 aromatic rings. The van der Waals surface area contributed by atoms with Crippen LogP contribution in [0.3, 0.4) is 0 Å². The molecule has 2 nitrogen and oxygen atoms in total. The van der Waals surface area contributed by atoms with Crippen molar-refractivity contribution in [1.82, 2.24) is 4.98 Å². The summed E-state index contributed by atoms with van der Waals surface area (Å²) in [5.74, 6) is 1.54. The van der Waals surface area contributed by atoms with Crippen molar-refractivity contribution in [2.75, 3.05) is 0 Å². The monoisotopic (exact) mass is 211 g/mol. The fourth-order valence-electron chi connectivity index (χ4n) is 0.503. The zero-order valence-electron chi connectivity index (χ0n) is 5.14. The lowest BCUT2D eigenvalue weighted by Crippen LogP contribution is -1.64. The predicted molar refractivity (Wildman–Crippen MR) is 40.9 cm³/mol. The highest BCUT2D eigenvalue weighted by molar-refractivity contribution is 9.10. The predicted octanol–water partition coefficient (Wildman–Crippen LogP) is 2.48. The molecule has 0 aliphatic carbocycles. The molecule has 0 radical (unpaired) electrons. The van der Waals surface area contributed by atoms with Crippen LogP contribution >= 0.6 is 28.3 Å². The topological polar surface area (TPSA) is 26.0 Å². The molecule has 0 aliphatic rings. The quantitative estimate of drug-likeness (QED) is 0.660. The molecule has 1 heterocycles. The number of nitrogens with zero attached hydrogens (tertiary/aromatic N) is 1. The fourth-order valence-corrected chi connectivity index (χ4v) is 0.834. The minimum atomic E-state index is 0. The molecule has 0 unspecified atom stereocenters. The van der Waals surface area contributed by atoms with Crippen LogP contribution in [0.1, 0.15) is 11.7 Å². The van der Waals surface area contributed by atoms with Crippen molar-refractivity contribution in [3.8, 4) is 0 Å². The standard InChI is InChI=1S/C5H6BrNO.ClH/c1-3-5(6)7-4(2)8-3;/h1-2H3;1H. The lowest BCUT2D eigenvalue weighted by Gasteiger charge is -1.75. The first-order valence-electron chi connectivity index (χ1n) is 2.29. The molecule has 0 aromatic carbocycles. The summed E-state index contributed by atoms with van der Waals surface area (Å²) < 4.78 is 5.86. The molecule has 0 saturated carbocycles. The number of oxazole rings is 1. The molecule has 0 bridgehead atoms. The van der Waals surface area contributed by atoms with Crippen LogP contribution in [0.4, 0.5) is 0 Å². The molecular weight excluding hydrogens is 205 g/mol. The Kier molecular flexibility index (Phi) is 3.22. The SMILES string of the molecule is Cc1nc(Br)c(C)o1.Cl. The molecule has 0 amide bonds. The Balaban J connectivity index is 0.000000640. The Morgan fingerprint density at radius 2 is 2.00 bits per heavy atom. The highest BCUT2D eigenvalue weighted by Gasteiger charge is 1.99. The second kappa shape index (κ2) is 3.22. The third-order valence-electron chi connectivity index (χ3n) is 0.847. The molecule has 1 aromatic heterocycles. The maximum absolute atomic E-state index is 5.06. The second-order valence-electron chi connectivity index (χ2n) is 1.58. The number of aromatic nitrogens is 1. The van der Waals surface area contributed by atoms with E-state index in [0.29, 0.717) is 5.89 Å². The molecule has 0 atom stereocenters. The highest BCUT2D eigenvalue weighted by Crippen LogP contribution is 2.14. The van der Waals surface area contributed by atoms with Crippen molar-refractivity contribution in [3.63, 3.8) is 0 Å². The summed E-state index contributed by atoms with van der Waals surface area (Å²) in [6, 6.07) is 0. The van der Waals surface area contributed by atoms with E-state index >= 15 is 0 Å².